The lowest BCUT2D eigenvalue weighted by Crippen LogP contribution is -2.57. The maximum Gasteiger partial charge on any atom is 0.491 e. The van der Waals surface area contributed by atoms with Crippen molar-refractivity contribution in [3.8, 4) is 12.1 Å². The molecule has 2 amide bonds. The van der Waals surface area contributed by atoms with Crippen molar-refractivity contribution in [2.24, 2.45) is 21.7 Å². The van der Waals surface area contributed by atoms with E-state index in [0.717, 1.165) is 11.6 Å². The molecule has 2 saturated heterocycles. The number of carbonyl (C=O) groups is 4. The topological polar surface area (TPSA) is 261 Å². The zero-order chi connectivity index (χ0) is 53.0. The number of anilines is 2. The first kappa shape index (κ1) is 57.1. The maximum atomic E-state index is 13.2. The Morgan fingerprint density at radius 3 is 1.51 bits per heavy atom. The third-order valence-corrected chi connectivity index (χ3v) is 10.8. The quantitative estimate of drug-likeness (QED) is 0.0464. The average molecular weight is 1000 g/mol. The Kier molecular flexibility index (Phi) is 19.0. The fourth-order valence-corrected chi connectivity index (χ4v) is 6.79. The lowest BCUT2D eigenvalue weighted by atomic mass is 9.85. The van der Waals surface area contributed by atoms with Crippen molar-refractivity contribution in [3.63, 3.8) is 0 Å². The van der Waals surface area contributed by atoms with Crippen LogP contribution in [0.3, 0.4) is 0 Å². The summed E-state index contributed by atoms with van der Waals surface area (Å²) in [4.78, 5) is 65.3. The number of amides is 2. The normalized spacial score (nSPS) is 17.0. The fourth-order valence-electron chi connectivity index (χ4n) is 6.79. The summed E-state index contributed by atoms with van der Waals surface area (Å²) in [5.41, 5.74) is 5.16. The number of halogens is 9. The first-order valence-electron chi connectivity index (χ1n) is 20.9. The second-order valence-electron chi connectivity index (χ2n) is 17.2. The van der Waals surface area contributed by atoms with E-state index in [1.807, 2.05) is 44.7 Å². The number of aryl methyl sites for hydroxylation is 1. The molecule has 2 aliphatic heterocycles. The first-order valence-corrected chi connectivity index (χ1v) is 20.9. The number of nitrogens with two attached hydrogens (primary N) is 1. The fraction of sp³-hybridized carbons (Fsp3) is 0.548. The summed E-state index contributed by atoms with van der Waals surface area (Å²) in [5.74, 6) is -6.16. The predicted octanol–water partition coefficient (Wildman–Crippen LogP) is 5.78. The zero-order valence-corrected chi connectivity index (χ0v) is 38.5. The van der Waals surface area contributed by atoms with Gasteiger partial charge in [0.15, 0.2) is 5.82 Å². The highest BCUT2D eigenvalue weighted by atomic mass is 19.4. The van der Waals surface area contributed by atoms with Gasteiger partial charge in [-0.15, -0.1) is 0 Å². The van der Waals surface area contributed by atoms with E-state index in [0.29, 0.717) is 63.2 Å². The lowest BCUT2D eigenvalue weighted by Gasteiger charge is -2.43. The number of ether oxygens (including phenoxy) is 1. The molecule has 0 aromatic carbocycles. The predicted molar refractivity (Wildman–Crippen MR) is 226 cm³/mol. The minimum absolute atomic E-state index is 0.0387. The molecule has 0 radical (unpaired) electrons. The van der Waals surface area contributed by atoms with Gasteiger partial charge >= 0.3 is 36.4 Å². The van der Waals surface area contributed by atoms with Crippen LogP contribution in [-0.4, -0.2) is 128 Å². The number of alkyl halides is 9. The van der Waals surface area contributed by atoms with Crippen LogP contribution in [0.25, 0.3) is 0 Å². The van der Waals surface area contributed by atoms with Gasteiger partial charge in [0.25, 0.3) is 0 Å². The number of nitrogens with zero attached hydrogens (tertiary/aromatic N) is 11. The third-order valence-electron chi connectivity index (χ3n) is 10.8. The number of rotatable bonds is 10. The van der Waals surface area contributed by atoms with E-state index in [9.17, 15) is 58.7 Å². The largest absolute Gasteiger partial charge is 0.491 e. The van der Waals surface area contributed by atoms with E-state index in [4.69, 9.17) is 21.5 Å². The van der Waals surface area contributed by atoms with E-state index >= 15 is 0 Å². The Hall–Kier alpha value is -7.26. The molecule has 0 aliphatic carbocycles. The highest BCUT2D eigenvalue weighted by Gasteiger charge is 2.49. The highest BCUT2D eigenvalue weighted by molar-refractivity contribution is 5.91. The number of amidine groups is 1. The van der Waals surface area contributed by atoms with Crippen LogP contribution in [0, 0.1) is 33.5 Å². The summed E-state index contributed by atoms with van der Waals surface area (Å²) in [6.07, 6.45) is -11.6. The molecule has 70 heavy (non-hydrogen) atoms. The smallest absolute Gasteiger partial charge is 0.409 e. The molecule has 5 heterocycles. The van der Waals surface area contributed by atoms with Crippen LogP contribution in [0.1, 0.15) is 83.6 Å². The molecular formula is C42H49F9N12O7. The summed E-state index contributed by atoms with van der Waals surface area (Å²) in [7, 11) is 0. The highest BCUT2D eigenvalue weighted by Crippen LogP contribution is 2.32. The average Bonchev–Trinajstić information content (AvgIpc) is 3.80. The minimum atomic E-state index is -5.62. The Morgan fingerprint density at radius 1 is 0.757 bits per heavy atom. The zero-order valence-electron chi connectivity index (χ0n) is 38.5. The molecule has 19 nitrogen and oxygen atoms in total. The maximum absolute atomic E-state index is 13.2. The van der Waals surface area contributed by atoms with Crippen molar-refractivity contribution < 1.29 is 73.2 Å². The molecule has 2 unspecified atom stereocenters. The Morgan fingerprint density at radius 2 is 1.19 bits per heavy atom. The van der Waals surface area contributed by atoms with E-state index in [-0.39, 0.29) is 48.4 Å². The van der Waals surface area contributed by atoms with Gasteiger partial charge < -0.3 is 39.8 Å². The number of carbonyl (C=O) groups excluding carboxylic acids is 4. The summed E-state index contributed by atoms with van der Waals surface area (Å²) in [5, 5.41) is 32.8. The van der Waals surface area contributed by atoms with Crippen LogP contribution in [0.2, 0.25) is 0 Å². The Bertz CT molecular complexity index is 2370. The number of hydrogen-bond donors (Lipinski definition) is 2. The monoisotopic (exact) mass is 1000 g/mol. The summed E-state index contributed by atoms with van der Waals surface area (Å²) >= 11 is 0. The molecule has 2 fully saturated rings. The number of nitriles is 2. The minimum Gasteiger partial charge on any atom is -0.409 e. The summed E-state index contributed by atoms with van der Waals surface area (Å²) in [6, 6.07) is 11.1. The Labute approximate surface area is 394 Å². The van der Waals surface area contributed by atoms with E-state index in [2.05, 4.69) is 50.4 Å². The van der Waals surface area contributed by atoms with E-state index in [1.165, 1.54) is 6.20 Å². The molecule has 0 saturated carbocycles. The number of esters is 2. The van der Waals surface area contributed by atoms with Crippen molar-refractivity contribution >= 4 is 41.2 Å². The third kappa shape index (κ3) is 16.2. The molecular weight excluding hydrogens is 956 g/mol. The summed E-state index contributed by atoms with van der Waals surface area (Å²) < 4.78 is 112. The molecule has 0 spiro atoms. The molecule has 2 atom stereocenters. The first-order chi connectivity index (χ1) is 32.3. The van der Waals surface area contributed by atoms with Crippen molar-refractivity contribution in [3.05, 3.63) is 59.5 Å². The second kappa shape index (κ2) is 23.4. The van der Waals surface area contributed by atoms with Gasteiger partial charge in [-0.1, -0.05) is 38.0 Å². The molecule has 2 aliphatic rings. The van der Waals surface area contributed by atoms with Gasteiger partial charge in [-0.25, -0.2) is 19.6 Å². The van der Waals surface area contributed by atoms with Crippen LogP contribution < -0.4 is 15.5 Å². The van der Waals surface area contributed by atoms with E-state index < -0.39 is 47.2 Å². The van der Waals surface area contributed by atoms with Crippen LogP contribution in [0.4, 0.5) is 51.1 Å². The Balaban J connectivity index is 0.000000301. The van der Waals surface area contributed by atoms with Crippen molar-refractivity contribution in [2.45, 2.75) is 97.8 Å². The van der Waals surface area contributed by atoms with Gasteiger partial charge in [-0.05, 0) is 51.0 Å². The van der Waals surface area contributed by atoms with Crippen molar-refractivity contribution in [1.82, 2.24) is 29.9 Å². The molecule has 3 aromatic rings. The molecule has 382 valence electrons. The molecule has 0 bridgehead atoms. The SMILES string of the molecule is CC1CN(c2ccc(C#N)cn2)CCN1C(=O)C(C)(C)CC/C(N)=N/O.CC1CN(c2ccc(C#N)cn2)CCN1C(=O)C(C)(C)CCc1noc(C(F)(F)F)n1.O=C(OC(=O)C(F)(F)F)C(F)(F)F. The van der Waals surface area contributed by atoms with Gasteiger partial charge in [0.1, 0.15) is 29.6 Å². The molecule has 5 rings (SSSR count). The van der Waals surface area contributed by atoms with Gasteiger partial charge in [-0.3, -0.25) is 9.59 Å². The van der Waals surface area contributed by atoms with Gasteiger partial charge in [0.2, 0.25) is 11.8 Å². The summed E-state index contributed by atoms with van der Waals surface area (Å²) in [6.45, 7) is 14.9. The van der Waals surface area contributed by atoms with Crippen LogP contribution in [-0.2, 0) is 36.5 Å². The number of hydrogen-bond acceptors (Lipinski definition) is 16. The van der Waals surface area contributed by atoms with Gasteiger partial charge in [0.05, 0.1) is 11.1 Å². The van der Waals surface area contributed by atoms with Gasteiger partial charge in [0, 0.05) is 87.4 Å². The number of aromatic nitrogens is 4. The van der Waals surface area contributed by atoms with Crippen LogP contribution >= 0.6 is 0 Å². The number of piperazine rings is 2. The number of oxime groups is 1. The van der Waals surface area contributed by atoms with Crippen molar-refractivity contribution in [1.29, 1.82) is 10.5 Å². The van der Waals surface area contributed by atoms with Crippen LogP contribution in [0.15, 0.2) is 46.3 Å². The van der Waals surface area contributed by atoms with Gasteiger partial charge in [-0.2, -0.15) is 55.0 Å². The molecule has 3 N–H and O–H groups in total. The lowest BCUT2D eigenvalue weighted by molar-refractivity contribution is -0.221. The van der Waals surface area contributed by atoms with E-state index in [1.54, 1.807) is 43.1 Å². The van der Waals surface area contributed by atoms with Crippen LogP contribution in [0.5, 0.6) is 0 Å². The number of pyridine rings is 2. The standard InChI is InChI=1S/C20H23F3N6O2.C18H26N6O2.C4F6O3/c1-13-12-28(16-5-4-14(10-24)11-25-16)8-9-29(13)18(30)19(2,3)7-6-15-26-17(31-27-15)20(21,22)23;1-13-12-23(16-5-4-14(10-19)11-21-16)8-9-24(13)17(25)18(2,3)7-6-15(20)22-26;5-3(6,7)1(11)13-2(12)4(8,9)10/h4-5,11,13H,6-9,12H2,1-3H3;4-5,11,13,26H,6-9,12H2,1-3H3,(H2,20,22);. The molecule has 28 heteroatoms. The van der Waals surface area contributed by atoms with Crippen molar-refractivity contribution in [2.75, 3.05) is 49.1 Å². The molecule has 3 aromatic heterocycles. The second-order valence-corrected chi connectivity index (χ2v) is 17.2.